The summed E-state index contributed by atoms with van der Waals surface area (Å²) in [6.07, 6.45) is 1.39. The van der Waals surface area contributed by atoms with E-state index < -0.39 is 0 Å². The summed E-state index contributed by atoms with van der Waals surface area (Å²) in [4.78, 5) is 0. The molecule has 0 radical (unpaired) electrons. The molecule has 5 nitrogen and oxygen atoms in total. The smallest absolute Gasteiger partial charge is 0.130 e. The Morgan fingerprint density at radius 2 is 1.74 bits per heavy atom. The third-order valence-corrected chi connectivity index (χ3v) is 2.76. The van der Waals surface area contributed by atoms with Crippen molar-refractivity contribution in [1.29, 1.82) is 5.26 Å². The molecule has 0 atom stereocenters. The highest BCUT2D eigenvalue weighted by Gasteiger charge is 2.12. The molecule has 0 fully saturated rings. The molecule has 5 heteroatoms. The van der Waals surface area contributed by atoms with Gasteiger partial charge in [-0.25, -0.2) is 0 Å². The van der Waals surface area contributed by atoms with Gasteiger partial charge in [0.15, 0.2) is 0 Å². The van der Waals surface area contributed by atoms with Gasteiger partial charge in [0.05, 0.1) is 33.0 Å². The van der Waals surface area contributed by atoms with Crippen LogP contribution >= 0.6 is 0 Å². The van der Waals surface area contributed by atoms with Gasteiger partial charge in [-0.2, -0.15) is 5.26 Å². The van der Waals surface area contributed by atoms with E-state index in [1.807, 2.05) is 12.1 Å². The SMILES string of the molecule is COc1cc(OC)c(CNCCCC#N)c(OC)c1. The molecule has 1 N–H and O–H groups in total. The number of ether oxygens (including phenoxy) is 3. The molecule has 104 valence electrons. The van der Waals surface area contributed by atoms with Crippen molar-refractivity contribution in [3.63, 3.8) is 0 Å². The van der Waals surface area contributed by atoms with Crippen LogP contribution in [0, 0.1) is 11.3 Å². The summed E-state index contributed by atoms with van der Waals surface area (Å²) >= 11 is 0. The molecule has 0 amide bonds. The van der Waals surface area contributed by atoms with Crippen LogP contribution in [-0.2, 0) is 6.54 Å². The van der Waals surface area contributed by atoms with Gasteiger partial charge in [0, 0.05) is 25.1 Å². The largest absolute Gasteiger partial charge is 0.496 e. The highest BCUT2D eigenvalue weighted by Crippen LogP contribution is 2.33. The van der Waals surface area contributed by atoms with Gasteiger partial charge in [0.25, 0.3) is 0 Å². The van der Waals surface area contributed by atoms with Crippen LogP contribution in [-0.4, -0.2) is 27.9 Å². The summed E-state index contributed by atoms with van der Waals surface area (Å²) < 4.78 is 15.9. The Hall–Kier alpha value is -1.93. The van der Waals surface area contributed by atoms with Gasteiger partial charge in [0.1, 0.15) is 17.2 Å². The van der Waals surface area contributed by atoms with Gasteiger partial charge in [0.2, 0.25) is 0 Å². The van der Waals surface area contributed by atoms with Gasteiger partial charge in [-0.3, -0.25) is 0 Å². The maximum absolute atomic E-state index is 8.47. The van der Waals surface area contributed by atoms with Crippen molar-refractivity contribution in [3.8, 4) is 23.3 Å². The van der Waals surface area contributed by atoms with Crippen LogP contribution < -0.4 is 19.5 Å². The zero-order valence-electron chi connectivity index (χ0n) is 11.7. The second kappa shape index (κ2) is 8.22. The first-order valence-electron chi connectivity index (χ1n) is 6.13. The normalized spacial score (nSPS) is 9.79. The fourth-order valence-corrected chi connectivity index (χ4v) is 1.76. The molecule has 1 aromatic rings. The summed E-state index contributed by atoms with van der Waals surface area (Å²) in [6, 6.07) is 5.78. The molecule has 1 aromatic carbocycles. The number of nitriles is 1. The fraction of sp³-hybridized carbons (Fsp3) is 0.500. The lowest BCUT2D eigenvalue weighted by atomic mass is 10.1. The van der Waals surface area contributed by atoms with E-state index in [0.717, 1.165) is 30.0 Å². The van der Waals surface area contributed by atoms with Crippen molar-refractivity contribution in [1.82, 2.24) is 5.32 Å². The van der Waals surface area contributed by atoms with Crippen molar-refractivity contribution in [2.45, 2.75) is 19.4 Å². The topological polar surface area (TPSA) is 63.5 Å². The standard InChI is InChI=1S/C14H20N2O3/c1-17-11-8-13(18-2)12(14(9-11)19-3)10-16-7-5-4-6-15/h8-9,16H,4-5,7,10H2,1-3H3. The Balaban J connectivity index is 2.77. The van der Waals surface area contributed by atoms with Crippen molar-refractivity contribution in [2.75, 3.05) is 27.9 Å². The molecule has 0 bridgehead atoms. The molecular formula is C14H20N2O3. The van der Waals surface area contributed by atoms with E-state index in [1.165, 1.54) is 0 Å². The van der Waals surface area contributed by atoms with E-state index in [1.54, 1.807) is 21.3 Å². The molecule has 0 saturated heterocycles. The van der Waals surface area contributed by atoms with E-state index in [2.05, 4.69) is 11.4 Å². The van der Waals surface area contributed by atoms with Gasteiger partial charge in [-0.15, -0.1) is 0 Å². The summed E-state index contributed by atoms with van der Waals surface area (Å²) in [6.45, 7) is 1.41. The number of hydrogen-bond donors (Lipinski definition) is 1. The molecule has 0 heterocycles. The summed E-state index contributed by atoms with van der Waals surface area (Å²) in [5, 5.41) is 11.7. The third kappa shape index (κ3) is 4.34. The van der Waals surface area contributed by atoms with Crippen LogP contribution in [0.15, 0.2) is 12.1 Å². The highest BCUT2D eigenvalue weighted by molar-refractivity contribution is 5.50. The van der Waals surface area contributed by atoms with Gasteiger partial charge in [-0.05, 0) is 13.0 Å². The molecule has 0 spiro atoms. The predicted octanol–water partition coefficient (Wildman–Crippen LogP) is 2.11. The summed E-state index contributed by atoms with van der Waals surface area (Å²) in [7, 11) is 4.84. The maximum Gasteiger partial charge on any atom is 0.130 e. The first-order chi connectivity index (χ1) is 9.26. The van der Waals surface area contributed by atoms with Crippen molar-refractivity contribution in [3.05, 3.63) is 17.7 Å². The lowest BCUT2D eigenvalue weighted by Gasteiger charge is -2.15. The van der Waals surface area contributed by atoms with Crippen LogP contribution in [0.2, 0.25) is 0 Å². The zero-order chi connectivity index (χ0) is 14.1. The molecule has 0 aliphatic carbocycles. The summed E-state index contributed by atoms with van der Waals surface area (Å²) in [5.74, 6) is 2.15. The first kappa shape index (κ1) is 15.1. The molecule has 0 unspecified atom stereocenters. The number of rotatable bonds is 8. The Bertz CT molecular complexity index is 416. The van der Waals surface area contributed by atoms with Crippen LogP contribution in [0.25, 0.3) is 0 Å². The monoisotopic (exact) mass is 264 g/mol. The zero-order valence-corrected chi connectivity index (χ0v) is 11.7. The van der Waals surface area contributed by atoms with E-state index in [9.17, 15) is 0 Å². The molecule has 0 aliphatic rings. The minimum Gasteiger partial charge on any atom is -0.496 e. The van der Waals surface area contributed by atoms with E-state index in [0.29, 0.717) is 18.7 Å². The number of methoxy groups -OCH3 is 3. The van der Waals surface area contributed by atoms with Crippen LogP contribution in [0.1, 0.15) is 18.4 Å². The average molecular weight is 264 g/mol. The van der Waals surface area contributed by atoms with Gasteiger partial charge >= 0.3 is 0 Å². The van der Waals surface area contributed by atoms with Crippen molar-refractivity contribution in [2.24, 2.45) is 0 Å². The van der Waals surface area contributed by atoms with E-state index in [-0.39, 0.29) is 0 Å². The average Bonchev–Trinajstić information content (AvgIpc) is 2.46. The van der Waals surface area contributed by atoms with E-state index >= 15 is 0 Å². The number of benzene rings is 1. The lowest BCUT2D eigenvalue weighted by Crippen LogP contribution is -2.16. The van der Waals surface area contributed by atoms with Gasteiger partial charge in [-0.1, -0.05) is 0 Å². The number of nitrogens with zero attached hydrogens (tertiary/aromatic N) is 1. The molecule has 19 heavy (non-hydrogen) atoms. The second-order valence-corrected chi connectivity index (χ2v) is 3.95. The quantitative estimate of drug-likeness (QED) is 0.728. The third-order valence-electron chi connectivity index (χ3n) is 2.76. The Kier molecular flexibility index (Phi) is 6.55. The number of unbranched alkanes of at least 4 members (excludes halogenated alkanes) is 1. The van der Waals surface area contributed by atoms with E-state index in [4.69, 9.17) is 19.5 Å². The Labute approximate surface area is 114 Å². The molecular weight excluding hydrogens is 244 g/mol. The number of nitrogens with one attached hydrogen (secondary N) is 1. The van der Waals surface area contributed by atoms with Crippen molar-refractivity contribution < 1.29 is 14.2 Å². The first-order valence-corrected chi connectivity index (χ1v) is 6.13. The molecule has 0 saturated carbocycles. The van der Waals surface area contributed by atoms with Crippen LogP contribution in [0.3, 0.4) is 0 Å². The Morgan fingerprint density at radius 1 is 1.11 bits per heavy atom. The van der Waals surface area contributed by atoms with Crippen LogP contribution in [0.5, 0.6) is 17.2 Å². The summed E-state index contributed by atoms with van der Waals surface area (Å²) in [5.41, 5.74) is 0.947. The Morgan fingerprint density at radius 3 is 2.21 bits per heavy atom. The van der Waals surface area contributed by atoms with Gasteiger partial charge < -0.3 is 19.5 Å². The van der Waals surface area contributed by atoms with Crippen LogP contribution in [0.4, 0.5) is 0 Å². The predicted molar refractivity (Wildman–Crippen MR) is 72.7 cm³/mol. The maximum atomic E-state index is 8.47. The minimum absolute atomic E-state index is 0.559. The molecule has 0 aromatic heterocycles. The number of hydrogen-bond acceptors (Lipinski definition) is 5. The highest BCUT2D eigenvalue weighted by atomic mass is 16.5. The minimum atomic E-state index is 0.559. The molecule has 0 aliphatic heterocycles. The second-order valence-electron chi connectivity index (χ2n) is 3.95. The fourth-order valence-electron chi connectivity index (χ4n) is 1.76. The lowest BCUT2D eigenvalue weighted by molar-refractivity contribution is 0.366. The van der Waals surface area contributed by atoms with Crippen molar-refractivity contribution >= 4 is 0 Å². The molecule has 1 rings (SSSR count).